The summed E-state index contributed by atoms with van der Waals surface area (Å²) in [5.74, 6) is -1.70. The SMILES string of the molecule is CCS(=O)(=O)Nc1ccc(Br)cc1OCc1ccc(F)c(F)c1. The molecule has 0 atom stereocenters. The van der Waals surface area contributed by atoms with Gasteiger partial charge in [-0.25, -0.2) is 17.2 Å². The molecule has 1 N–H and O–H groups in total. The molecule has 0 unspecified atom stereocenters. The molecule has 124 valence electrons. The van der Waals surface area contributed by atoms with Crippen molar-refractivity contribution in [2.24, 2.45) is 0 Å². The first-order valence-electron chi connectivity index (χ1n) is 6.67. The second kappa shape index (κ2) is 7.27. The fourth-order valence-electron chi connectivity index (χ4n) is 1.73. The summed E-state index contributed by atoms with van der Waals surface area (Å²) in [4.78, 5) is 0. The molecule has 0 amide bonds. The van der Waals surface area contributed by atoms with Gasteiger partial charge in [-0.15, -0.1) is 0 Å². The maximum Gasteiger partial charge on any atom is 0.232 e. The van der Waals surface area contributed by atoms with E-state index < -0.39 is 21.7 Å². The number of hydrogen-bond donors (Lipinski definition) is 1. The van der Waals surface area contributed by atoms with Gasteiger partial charge in [-0.1, -0.05) is 22.0 Å². The van der Waals surface area contributed by atoms with E-state index in [9.17, 15) is 17.2 Å². The standard InChI is InChI=1S/C15H14BrF2NO3S/c1-2-23(20,21)19-14-6-4-11(16)8-15(14)22-9-10-3-5-12(17)13(18)7-10/h3-8,19H,2,9H2,1H3. The van der Waals surface area contributed by atoms with Crippen LogP contribution in [0.5, 0.6) is 5.75 Å². The highest BCUT2D eigenvalue weighted by atomic mass is 79.9. The molecule has 0 radical (unpaired) electrons. The number of anilines is 1. The zero-order valence-electron chi connectivity index (χ0n) is 12.1. The predicted octanol–water partition coefficient (Wildman–Crippen LogP) is 4.07. The van der Waals surface area contributed by atoms with Gasteiger partial charge in [0.05, 0.1) is 11.4 Å². The van der Waals surface area contributed by atoms with Crippen LogP contribution in [-0.2, 0) is 16.6 Å². The Hall–Kier alpha value is -1.67. The third-order valence-corrected chi connectivity index (χ3v) is 4.75. The van der Waals surface area contributed by atoms with E-state index in [2.05, 4.69) is 20.7 Å². The molecule has 0 saturated heterocycles. The van der Waals surface area contributed by atoms with E-state index in [1.807, 2.05) is 0 Å². The van der Waals surface area contributed by atoms with Gasteiger partial charge in [0.1, 0.15) is 12.4 Å². The summed E-state index contributed by atoms with van der Waals surface area (Å²) in [6.07, 6.45) is 0. The zero-order chi connectivity index (χ0) is 17.0. The molecule has 0 aliphatic carbocycles. The summed E-state index contributed by atoms with van der Waals surface area (Å²) in [6, 6.07) is 8.24. The summed E-state index contributed by atoms with van der Waals surface area (Å²) >= 11 is 3.27. The van der Waals surface area contributed by atoms with Gasteiger partial charge >= 0.3 is 0 Å². The van der Waals surface area contributed by atoms with E-state index in [1.54, 1.807) is 18.2 Å². The Morgan fingerprint density at radius 3 is 2.52 bits per heavy atom. The number of ether oxygens (including phenoxy) is 1. The smallest absolute Gasteiger partial charge is 0.232 e. The van der Waals surface area contributed by atoms with Gasteiger partial charge in [0.15, 0.2) is 11.6 Å². The zero-order valence-corrected chi connectivity index (χ0v) is 14.5. The third-order valence-electron chi connectivity index (χ3n) is 2.97. The molecule has 0 saturated carbocycles. The molecule has 0 bridgehead atoms. The second-order valence-corrected chi connectivity index (χ2v) is 7.61. The summed E-state index contributed by atoms with van der Waals surface area (Å²) in [5.41, 5.74) is 0.700. The molecule has 2 aromatic rings. The van der Waals surface area contributed by atoms with Gasteiger partial charge in [-0.2, -0.15) is 0 Å². The van der Waals surface area contributed by atoms with E-state index in [1.165, 1.54) is 13.0 Å². The lowest BCUT2D eigenvalue weighted by atomic mass is 10.2. The first kappa shape index (κ1) is 17.7. The molecule has 2 rings (SSSR count). The lowest BCUT2D eigenvalue weighted by Gasteiger charge is -2.13. The Morgan fingerprint density at radius 2 is 1.87 bits per heavy atom. The Kier molecular flexibility index (Phi) is 5.59. The number of benzene rings is 2. The molecule has 0 heterocycles. The van der Waals surface area contributed by atoms with Gasteiger partial charge in [-0.3, -0.25) is 4.72 Å². The van der Waals surface area contributed by atoms with Crippen molar-refractivity contribution in [3.05, 3.63) is 58.1 Å². The van der Waals surface area contributed by atoms with Crippen molar-refractivity contribution in [2.45, 2.75) is 13.5 Å². The largest absolute Gasteiger partial charge is 0.487 e. The van der Waals surface area contributed by atoms with E-state index in [-0.39, 0.29) is 23.8 Å². The Bertz CT molecular complexity index is 812. The third kappa shape index (κ3) is 4.90. The molecule has 0 aliphatic rings. The van der Waals surface area contributed by atoms with Crippen LogP contribution >= 0.6 is 15.9 Å². The van der Waals surface area contributed by atoms with Crippen molar-refractivity contribution in [1.82, 2.24) is 0 Å². The van der Waals surface area contributed by atoms with Gasteiger partial charge in [0.25, 0.3) is 0 Å². The lowest BCUT2D eigenvalue weighted by molar-refractivity contribution is 0.306. The van der Waals surface area contributed by atoms with Crippen LogP contribution in [0.25, 0.3) is 0 Å². The van der Waals surface area contributed by atoms with Crippen LogP contribution in [0.4, 0.5) is 14.5 Å². The van der Waals surface area contributed by atoms with Crippen molar-refractivity contribution in [1.29, 1.82) is 0 Å². The number of hydrogen-bond acceptors (Lipinski definition) is 3. The first-order valence-corrected chi connectivity index (χ1v) is 9.12. The van der Waals surface area contributed by atoms with Crippen LogP contribution in [-0.4, -0.2) is 14.2 Å². The van der Waals surface area contributed by atoms with Crippen LogP contribution in [0.15, 0.2) is 40.9 Å². The first-order chi connectivity index (χ1) is 10.8. The average molecular weight is 406 g/mol. The normalized spacial score (nSPS) is 11.3. The van der Waals surface area contributed by atoms with Crippen LogP contribution in [0.3, 0.4) is 0 Å². The summed E-state index contributed by atoms with van der Waals surface area (Å²) in [5, 5.41) is 0. The van der Waals surface area contributed by atoms with Crippen LogP contribution in [0, 0.1) is 11.6 Å². The van der Waals surface area contributed by atoms with Crippen molar-refractivity contribution < 1.29 is 21.9 Å². The molecule has 23 heavy (non-hydrogen) atoms. The summed E-state index contributed by atoms with van der Waals surface area (Å²) in [6.45, 7) is 1.48. The molecular formula is C15H14BrF2NO3S. The minimum Gasteiger partial charge on any atom is -0.487 e. The second-order valence-electron chi connectivity index (χ2n) is 4.68. The molecule has 0 fully saturated rings. The molecule has 4 nitrogen and oxygen atoms in total. The Labute approximate surface area is 141 Å². The minimum atomic E-state index is -3.46. The molecular weight excluding hydrogens is 392 g/mol. The highest BCUT2D eigenvalue weighted by Gasteiger charge is 2.12. The van der Waals surface area contributed by atoms with Crippen molar-refractivity contribution in [3.63, 3.8) is 0 Å². The van der Waals surface area contributed by atoms with Crippen LogP contribution < -0.4 is 9.46 Å². The maximum absolute atomic E-state index is 13.2. The Balaban J connectivity index is 2.21. The highest BCUT2D eigenvalue weighted by Crippen LogP contribution is 2.30. The Morgan fingerprint density at radius 1 is 1.13 bits per heavy atom. The molecule has 8 heteroatoms. The fourth-order valence-corrected chi connectivity index (χ4v) is 2.72. The molecule has 2 aromatic carbocycles. The lowest BCUT2D eigenvalue weighted by Crippen LogP contribution is -2.15. The quantitative estimate of drug-likeness (QED) is 0.787. The van der Waals surface area contributed by atoms with Crippen LogP contribution in [0.2, 0.25) is 0 Å². The predicted molar refractivity (Wildman–Crippen MR) is 87.9 cm³/mol. The molecule has 0 aliphatic heterocycles. The van der Waals surface area contributed by atoms with E-state index >= 15 is 0 Å². The summed E-state index contributed by atoms with van der Waals surface area (Å²) < 4.78 is 58.1. The summed E-state index contributed by atoms with van der Waals surface area (Å²) in [7, 11) is -3.46. The monoisotopic (exact) mass is 405 g/mol. The van der Waals surface area contributed by atoms with E-state index in [0.717, 1.165) is 12.1 Å². The number of halogens is 3. The van der Waals surface area contributed by atoms with Crippen molar-refractivity contribution in [2.75, 3.05) is 10.5 Å². The van der Waals surface area contributed by atoms with Crippen molar-refractivity contribution >= 4 is 31.6 Å². The van der Waals surface area contributed by atoms with E-state index in [0.29, 0.717) is 10.0 Å². The van der Waals surface area contributed by atoms with Gasteiger partial charge in [0.2, 0.25) is 10.0 Å². The minimum absolute atomic E-state index is 0.0332. The topological polar surface area (TPSA) is 55.4 Å². The number of sulfonamides is 1. The number of nitrogens with one attached hydrogen (secondary N) is 1. The highest BCUT2D eigenvalue weighted by molar-refractivity contribution is 9.10. The maximum atomic E-state index is 13.2. The van der Waals surface area contributed by atoms with Crippen LogP contribution in [0.1, 0.15) is 12.5 Å². The molecule has 0 aromatic heterocycles. The van der Waals surface area contributed by atoms with Crippen molar-refractivity contribution in [3.8, 4) is 5.75 Å². The van der Waals surface area contributed by atoms with Gasteiger partial charge < -0.3 is 4.74 Å². The average Bonchev–Trinajstić information content (AvgIpc) is 2.50. The van der Waals surface area contributed by atoms with Gasteiger partial charge in [0, 0.05) is 4.47 Å². The number of rotatable bonds is 6. The van der Waals surface area contributed by atoms with Gasteiger partial charge in [-0.05, 0) is 42.8 Å². The van der Waals surface area contributed by atoms with E-state index in [4.69, 9.17) is 4.74 Å². The molecule has 0 spiro atoms. The fraction of sp³-hybridized carbons (Fsp3) is 0.200.